The van der Waals surface area contributed by atoms with Crippen molar-refractivity contribution in [2.75, 3.05) is 7.11 Å². The van der Waals surface area contributed by atoms with Gasteiger partial charge in [-0.1, -0.05) is 36.4 Å². The highest BCUT2D eigenvalue weighted by Gasteiger charge is 2.09. The highest BCUT2D eigenvalue weighted by Crippen LogP contribution is 2.29. The summed E-state index contributed by atoms with van der Waals surface area (Å²) in [4.78, 5) is 8.59. The number of methoxy groups -OCH3 is 1. The fourth-order valence-electron chi connectivity index (χ4n) is 3.15. The second kappa shape index (κ2) is 10.2. The molecule has 0 fully saturated rings. The molecule has 0 atom stereocenters. The van der Waals surface area contributed by atoms with Crippen LogP contribution in [0.3, 0.4) is 0 Å². The lowest BCUT2D eigenvalue weighted by Gasteiger charge is -2.11. The highest BCUT2D eigenvalue weighted by molar-refractivity contribution is 5.65. The Morgan fingerprint density at radius 1 is 1.03 bits per heavy atom. The van der Waals surface area contributed by atoms with Gasteiger partial charge in [-0.25, -0.2) is 9.97 Å². The molecule has 7 nitrogen and oxygen atoms in total. The molecule has 0 saturated carbocycles. The summed E-state index contributed by atoms with van der Waals surface area (Å²) >= 11 is 0. The van der Waals surface area contributed by atoms with Crippen LogP contribution in [0.25, 0.3) is 12.2 Å². The number of ether oxygens (including phenoxy) is 2. The van der Waals surface area contributed by atoms with E-state index in [0.717, 1.165) is 30.7 Å². The molecule has 4 aromatic rings. The van der Waals surface area contributed by atoms with Gasteiger partial charge < -0.3 is 13.9 Å². The van der Waals surface area contributed by atoms with Gasteiger partial charge in [0.2, 0.25) is 5.89 Å². The van der Waals surface area contributed by atoms with E-state index in [1.165, 1.54) is 11.9 Å². The molecule has 1 N–H and O–H groups in total. The molecule has 0 amide bonds. The maximum absolute atomic E-state index is 5.91. The molecule has 0 radical (unpaired) electrons. The van der Waals surface area contributed by atoms with Crippen LogP contribution in [-0.4, -0.2) is 27.3 Å². The lowest BCUT2D eigenvalue weighted by Crippen LogP contribution is -1.99. The Kier molecular flexibility index (Phi) is 6.74. The van der Waals surface area contributed by atoms with Crippen molar-refractivity contribution >= 4 is 12.2 Å². The van der Waals surface area contributed by atoms with Crippen LogP contribution < -0.4 is 9.47 Å². The Morgan fingerprint density at radius 3 is 2.74 bits per heavy atom. The summed E-state index contributed by atoms with van der Waals surface area (Å²) in [5.41, 5.74) is 2.98. The molecular formula is C24H24N4O3. The first-order valence-electron chi connectivity index (χ1n) is 10.1. The smallest absolute Gasteiger partial charge is 0.218 e. The van der Waals surface area contributed by atoms with Crippen molar-refractivity contribution < 1.29 is 13.9 Å². The van der Waals surface area contributed by atoms with Gasteiger partial charge in [0, 0.05) is 12.5 Å². The van der Waals surface area contributed by atoms with E-state index in [1.54, 1.807) is 13.4 Å². The molecule has 0 saturated heterocycles. The monoisotopic (exact) mass is 416 g/mol. The first-order chi connectivity index (χ1) is 15.3. The SMILES string of the molecule is COc1cc(CCCc2ncn[nH]2)ccc1OCc1coc(C=Cc2ccccc2)n1. The van der Waals surface area contributed by atoms with Crippen LogP contribution >= 0.6 is 0 Å². The van der Waals surface area contributed by atoms with Gasteiger partial charge in [-0.05, 0) is 42.2 Å². The first-order valence-corrected chi connectivity index (χ1v) is 10.1. The Labute approximate surface area is 180 Å². The van der Waals surface area contributed by atoms with Crippen molar-refractivity contribution in [1.29, 1.82) is 0 Å². The largest absolute Gasteiger partial charge is 0.493 e. The van der Waals surface area contributed by atoms with Gasteiger partial charge in [-0.3, -0.25) is 5.10 Å². The molecule has 158 valence electrons. The number of H-pyrrole nitrogens is 1. The van der Waals surface area contributed by atoms with Gasteiger partial charge in [0.25, 0.3) is 0 Å². The molecule has 2 heterocycles. The van der Waals surface area contributed by atoms with E-state index in [1.807, 2.05) is 54.6 Å². The van der Waals surface area contributed by atoms with Gasteiger partial charge in [-0.15, -0.1) is 0 Å². The predicted molar refractivity (Wildman–Crippen MR) is 118 cm³/mol. The number of nitrogens with one attached hydrogen (secondary N) is 1. The third-order valence-corrected chi connectivity index (χ3v) is 4.73. The number of oxazole rings is 1. The average Bonchev–Trinajstić information content (AvgIpc) is 3.49. The highest BCUT2D eigenvalue weighted by atomic mass is 16.5. The zero-order valence-corrected chi connectivity index (χ0v) is 17.3. The maximum Gasteiger partial charge on any atom is 0.218 e. The van der Waals surface area contributed by atoms with Crippen molar-refractivity contribution in [3.8, 4) is 11.5 Å². The van der Waals surface area contributed by atoms with Crippen molar-refractivity contribution in [3.05, 3.63) is 89.7 Å². The Bertz CT molecular complexity index is 1110. The Morgan fingerprint density at radius 2 is 1.94 bits per heavy atom. The van der Waals surface area contributed by atoms with Crippen molar-refractivity contribution in [2.24, 2.45) is 0 Å². The van der Waals surface area contributed by atoms with E-state index >= 15 is 0 Å². The Hall–Kier alpha value is -3.87. The molecular weight excluding hydrogens is 392 g/mol. The van der Waals surface area contributed by atoms with Crippen LogP contribution in [0.15, 0.2) is 65.5 Å². The lowest BCUT2D eigenvalue weighted by atomic mass is 10.1. The number of aromatic amines is 1. The number of hydrogen-bond donors (Lipinski definition) is 1. The number of aryl methyl sites for hydroxylation is 2. The van der Waals surface area contributed by atoms with Crippen LogP contribution in [0.2, 0.25) is 0 Å². The van der Waals surface area contributed by atoms with E-state index in [0.29, 0.717) is 29.7 Å². The number of aromatic nitrogens is 4. The van der Waals surface area contributed by atoms with E-state index in [9.17, 15) is 0 Å². The molecule has 0 aliphatic carbocycles. The summed E-state index contributed by atoms with van der Waals surface area (Å²) in [6.45, 7) is 0.296. The fraction of sp³-hybridized carbons (Fsp3) is 0.208. The van der Waals surface area contributed by atoms with E-state index in [-0.39, 0.29) is 0 Å². The molecule has 0 unspecified atom stereocenters. The summed E-state index contributed by atoms with van der Waals surface area (Å²) in [7, 11) is 1.64. The van der Waals surface area contributed by atoms with Gasteiger partial charge in [-0.2, -0.15) is 5.10 Å². The third-order valence-electron chi connectivity index (χ3n) is 4.73. The molecule has 0 bridgehead atoms. The molecule has 7 heteroatoms. The second-order valence-corrected chi connectivity index (χ2v) is 6.98. The summed E-state index contributed by atoms with van der Waals surface area (Å²) in [5, 5.41) is 6.75. The van der Waals surface area contributed by atoms with Crippen LogP contribution in [0.1, 0.15) is 35.0 Å². The van der Waals surface area contributed by atoms with Crippen LogP contribution in [0.5, 0.6) is 11.5 Å². The summed E-state index contributed by atoms with van der Waals surface area (Å²) in [5.74, 6) is 2.81. The normalized spacial score (nSPS) is 11.1. The molecule has 0 aliphatic rings. The van der Waals surface area contributed by atoms with Crippen LogP contribution in [0, 0.1) is 0 Å². The molecule has 2 aromatic carbocycles. The predicted octanol–water partition coefficient (Wildman–Crippen LogP) is 4.73. The molecule has 4 rings (SSSR count). The van der Waals surface area contributed by atoms with Gasteiger partial charge in [0.15, 0.2) is 11.5 Å². The molecule has 2 aromatic heterocycles. The van der Waals surface area contributed by atoms with Crippen molar-refractivity contribution in [1.82, 2.24) is 20.2 Å². The zero-order chi connectivity index (χ0) is 21.3. The van der Waals surface area contributed by atoms with E-state index in [2.05, 4.69) is 26.2 Å². The first kappa shape index (κ1) is 20.4. The number of benzene rings is 2. The molecule has 31 heavy (non-hydrogen) atoms. The standard InChI is InChI=1S/C24H24N4O3/c1-29-22-14-19(8-5-9-23-25-17-26-28-23)10-12-21(22)30-15-20-16-31-24(27-20)13-11-18-6-3-2-4-7-18/h2-4,6-7,10-14,16-17H,5,8-9,15H2,1H3,(H,25,26,28). The third kappa shape index (κ3) is 5.82. The van der Waals surface area contributed by atoms with Crippen molar-refractivity contribution in [3.63, 3.8) is 0 Å². The second-order valence-electron chi connectivity index (χ2n) is 6.98. The summed E-state index contributed by atoms with van der Waals surface area (Å²) in [6.07, 6.45) is 9.67. The average molecular weight is 416 g/mol. The lowest BCUT2D eigenvalue weighted by molar-refractivity contribution is 0.280. The van der Waals surface area contributed by atoms with Gasteiger partial charge in [0.05, 0.1) is 7.11 Å². The molecule has 0 aliphatic heterocycles. The van der Waals surface area contributed by atoms with E-state index in [4.69, 9.17) is 13.9 Å². The van der Waals surface area contributed by atoms with Crippen molar-refractivity contribution in [2.45, 2.75) is 25.9 Å². The fourth-order valence-corrected chi connectivity index (χ4v) is 3.15. The van der Waals surface area contributed by atoms with Crippen LogP contribution in [-0.2, 0) is 19.4 Å². The maximum atomic E-state index is 5.91. The van der Waals surface area contributed by atoms with E-state index < -0.39 is 0 Å². The molecule has 0 spiro atoms. The minimum Gasteiger partial charge on any atom is -0.493 e. The van der Waals surface area contributed by atoms with Gasteiger partial charge >= 0.3 is 0 Å². The number of hydrogen-bond acceptors (Lipinski definition) is 6. The minimum absolute atomic E-state index is 0.296. The quantitative estimate of drug-likeness (QED) is 0.402. The Balaban J connectivity index is 1.31. The number of nitrogens with zero attached hydrogens (tertiary/aromatic N) is 3. The topological polar surface area (TPSA) is 86.1 Å². The minimum atomic E-state index is 0.296. The number of rotatable bonds is 10. The summed E-state index contributed by atoms with van der Waals surface area (Å²) < 4.78 is 16.9. The van der Waals surface area contributed by atoms with Crippen LogP contribution in [0.4, 0.5) is 0 Å². The zero-order valence-electron chi connectivity index (χ0n) is 17.3. The van der Waals surface area contributed by atoms with Gasteiger partial charge in [0.1, 0.15) is 30.7 Å². The summed E-state index contributed by atoms with van der Waals surface area (Å²) in [6, 6.07) is 16.0.